The largest absolute Gasteiger partial charge is 0.467 e. The normalized spacial score (nSPS) is 25.0. The fourth-order valence-electron chi connectivity index (χ4n) is 8.71. The molecule has 1 aromatic carbocycles. The topological polar surface area (TPSA) is 248 Å². The van der Waals surface area contributed by atoms with Crippen molar-refractivity contribution in [1.29, 1.82) is 0 Å². The Morgan fingerprint density at radius 1 is 0.846 bits per heavy atom. The average molecular weight is 913 g/mol. The van der Waals surface area contributed by atoms with Crippen LogP contribution in [0.15, 0.2) is 41.6 Å². The smallest absolute Gasteiger partial charge is 0.328 e. The Hall–Kier alpha value is -5.85. The van der Waals surface area contributed by atoms with Crippen molar-refractivity contribution in [3.8, 4) is 0 Å². The molecule has 19 heteroatoms. The quantitative estimate of drug-likeness (QED) is 0.141. The van der Waals surface area contributed by atoms with Crippen LogP contribution in [0.4, 0.5) is 0 Å². The van der Waals surface area contributed by atoms with Crippen LogP contribution >= 0.6 is 0 Å². The first-order chi connectivity index (χ1) is 30.6. The molecule has 3 amide bonds. The van der Waals surface area contributed by atoms with Gasteiger partial charge in [0, 0.05) is 51.8 Å². The third-order valence-corrected chi connectivity index (χ3v) is 11.8. The fraction of sp³-hybridized carbons (Fsp3) is 0.630. The Morgan fingerprint density at radius 3 is 2.03 bits per heavy atom. The molecule has 2 aliphatic heterocycles. The van der Waals surface area contributed by atoms with Crippen LogP contribution in [0.5, 0.6) is 0 Å². The number of esters is 5. The Labute approximate surface area is 379 Å². The Bertz CT molecular complexity index is 1990. The number of allylic oxidation sites excluding steroid dienone is 2. The van der Waals surface area contributed by atoms with Gasteiger partial charge in [0.25, 0.3) is 0 Å². The van der Waals surface area contributed by atoms with Crippen molar-refractivity contribution < 1.29 is 71.6 Å². The van der Waals surface area contributed by atoms with E-state index in [2.05, 4.69) is 16.0 Å². The van der Waals surface area contributed by atoms with Crippen LogP contribution in [0.1, 0.15) is 100.0 Å². The summed E-state index contributed by atoms with van der Waals surface area (Å²) < 4.78 is 34.0. The second-order valence-corrected chi connectivity index (χ2v) is 17.6. The standard InChI is InChI=1S/C46H64N4O15/c1-11-24(3)38(43(58)48-31(45(59)60-10)18-29-16-14-13-15-17-29)49-36(56)22-47-42(57)32-19-30(12-2)37-33(20-46(8,9)21-34(37)55)50(32)44-41(64-28(7)54)40(63-27(6)53)39(62-26(5)52)35(65-44)23-61-25(4)51/h13-17,24,30-32,35,38-41,44H,11-12,18-23H2,1-10H3,(H,47,57)(H,48,58)(H,49,56)/t24-,30+,31-,32+,35+,38-,39+,40-,41+,44+/m0/s1. The summed E-state index contributed by atoms with van der Waals surface area (Å²) in [5, 5.41) is 8.12. The van der Waals surface area contributed by atoms with Crippen LogP contribution in [-0.4, -0.2) is 127 Å². The van der Waals surface area contributed by atoms with Crippen LogP contribution in [0.3, 0.4) is 0 Å². The summed E-state index contributed by atoms with van der Waals surface area (Å²) >= 11 is 0. The molecule has 65 heavy (non-hydrogen) atoms. The molecule has 0 aromatic heterocycles. The van der Waals surface area contributed by atoms with Crippen molar-refractivity contribution >= 4 is 53.4 Å². The summed E-state index contributed by atoms with van der Waals surface area (Å²) in [6.45, 7) is 12.5. The summed E-state index contributed by atoms with van der Waals surface area (Å²) in [7, 11) is 1.21. The maximum Gasteiger partial charge on any atom is 0.328 e. The Balaban J connectivity index is 1.73. The van der Waals surface area contributed by atoms with Crippen molar-refractivity contribution in [3.63, 3.8) is 0 Å². The van der Waals surface area contributed by atoms with Crippen molar-refractivity contribution in [2.75, 3.05) is 20.3 Å². The minimum atomic E-state index is -1.59. The summed E-state index contributed by atoms with van der Waals surface area (Å²) in [6, 6.07) is 5.61. The first-order valence-electron chi connectivity index (χ1n) is 21.9. The highest BCUT2D eigenvalue weighted by Crippen LogP contribution is 2.48. The molecule has 1 aromatic rings. The number of ether oxygens (including phenoxy) is 6. The van der Waals surface area contributed by atoms with Crippen LogP contribution in [0.25, 0.3) is 0 Å². The molecule has 3 aliphatic rings. The van der Waals surface area contributed by atoms with Gasteiger partial charge in [-0.1, -0.05) is 71.4 Å². The maximum absolute atomic E-state index is 14.7. The molecule has 4 rings (SSSR count). The van der Waals surface area contributed by atoms with E-state index in [0.717, 1.165) is 33.3 Å². The van der Waals surface area contributed by atoms with E-state index in [4.69, 9.17) is 28.4 Å². The first-order valence-corrected chi connectivity index (χ1v) is 21.9. The number of nitrogens with one attached hydrogen (secondary N) is 3. The van der Waals surface area contributed by atoms with Crippen LogP contribution in [-0.2, 0) is 78.0 Å². The monoisotopic (exact) mass is 912 g/mol. The Kier molecular flexibility index (Phi) is 18.2. The number of methoxy groups -OCH3 is 1. The first kappa shape index (κ1) is 51.8. The van der Waals surface area contributed by atoms with Crippen LogP contribution in [0.2, 0.25) is 0 Å². The number of rotatable bonds is 18. The number of hydrogen-bond donors (Lipinski definition) is 3. The minimum absolute atomic E-state index is 0.0239. The van der Waals surface area contributed by atoms with Gasteiger partial charge in [-0.25, -0.2) is 4.79 Å². The number of nitrogens with zero attached hydrogens (tertiary/aromatic N) is 1. The lowest BCUT2D eigenvalue weighted by Gasteiger charge is -2.54. The van der Waals surface area contributed by atoms with Crippen LogP contribution in [0, 0.1) is 17.3 Å². The van der Waals surface area contributed by atoms with Gasteiger partial charge in [-0.2, -0.15) is 0 Å². The lowest BCUT2D eigenvalue weighted by molar-refractivity contribution is -0.279. The second kappa shape index (κ2) is 22.9. The number of carbonyl (C=O) groups excluding carboxylic acids is 9. The van der Waals surface area contributed by atoms with Gasteiger partial charge < -0.3 is 49.3 Å². The highest BCUT2D eigenvalue weighted by molar-refractivity contribution is 5.99. The molecule has 0 saturated carbocycles. The zero-order valence-electron chi connectivity index (χ0n) is 38.9. The molecule has 358 valence electrons. The molecule has 1 saturated heterocycles. The van der Waals surface area contributed by atoms with E-state index < -0.39 is 127 Å². The zero-order valence-corrected chi connectivity index (χ0v) is 38.9. The lowest BCUT2D eigenvalue weighted by atomic mass is 9.68. The molecule has 0 bridgehead atoms. The van der Waals surface area contributed by atoms with Crippen molar-refractivity contribution in [2.24, 2.45) is 17.3 Å². The van der Waals surface area contributed by atoms with Crippen molar-refractivity contribution in [2.45, 2.75) is 150 Å². The van der Waals surface area contributed by atoms with E-state index in [9.17, 15) is 43.2 Å². The third kappa shape index (κ3) is 13.6. The second-order valence-electron chi connectivity index (χ2n) is 17.6. The van der Waals surface area contributed by atoms with Gasteiger partial charge in [-0.05, 0) is 42.1 Å². The molecular weight excluding hydrogens is 849 g/mol. The maximum atomic E-state index is 14.7. The summed E-state index contributed by atoms with van der Waals surface area (Å²) in [5.74, 6) is -7.00. The minimum Gasteiger partial charge on any atom is -0.467 e. The van der Waals surface area contributed by atoms with Gasteiger partial charge in [0.2, 0.25) is 17.7 Å². The van der Waals surface area contributed by atoms with E-state index in [1.807, 2.05) is 33.8 Å². The number of amides is 3. The molecule has 3 N–H and O–H groups in total. The van der Waals surface area contributed by atoms with Gasteiger partial charge in [0.15, 0.2) is 30.3 Å². The average Bonchev–Trinajstić information content (AvgIpc) is 3.23. The molecule has 19 nitrogen and oxygen atoms in total. The highest BCUT2D eigenvalue weighted by atomic mass is 16.7. The van der Waals surface area contributed by atoms with E-state index >= 15 is 0 Å². The number of Topliss-reactive ketones (excluding diaryl/α,β-unsaturated/α-hetero) is 1. The fourth-order valence-corrected chi connectivity index (χ4v) is 8.71. The summed E-state index contributed by atoms with van der Waals surface area (Å²) in [4.78, 5) is 121. The summed E-state index contributed by atoms with van der Waals surface area (Å²) in [6.07, 6.45) is -6.01. The third-order valence-electron chi connectivity index (χ3n) is 11.8. The number of hydrogen-bond acceptors (Lipinski definition) is 16. The van der Waals surface area contributed by atoms with Gasteiger partial charge in [0.05, 0.1) is 13.7 Å². The lowest BCUT2D eigenvalue weighted by Crippen LogP contribution is -2.69. The van der Waals surface area contributed by atoms with Gasteiger partial charge in [0.1, 0.15) is 30.8 Å². The predicted molar refractivity (Wildman–Crippen MR) is 230 cm³/mol. The number of ketones is 1. The molecule has 1 aliphatic carbocycles. The van der Waals surface area contributed by atoms with Gasteiger partial charge in [-0.3, -0.25) is 38.4 Å². The van der Waals surface area contributed by atoms with Crippen LogP contribution < -0.4 is 16.0 Å². The Morgan fingerprint density at radius 2 is 1.46 bits per heavy atom. The highest BCUT2D eigenvalue weighted by Gasteiger charge is 2.58. The molecule has 10 atom stereocenters. The van der Waals surface area contributed by atoms with E-state index in [1.165, 1.54) is 12.0 Å². The van der Waals surface area contributed by atoms with Crippen molar-refractivity contribution in [1.82, 2.24) is 20.9 Å². The van der Waals surface area contributed by atoms with E-state index in [1.54, 1.807) is 31.2 Å². The van der Waals surface area contributed by atoms with E-state index in [0.29, 0.717) is 24.1 Å². The van der Waals surface area contributed by atoms with Gasteiger partial charge >= 0.3 is 29.8 Å². The molecule has 0 radical (unpaired) electrons. The zero-order chi connectivity index (χ0) is 48.3. The molecular formula is C46H64N4O15. The molecule has 0 spiro atoms. The predicted octanol–water partition coefficient (Wildman–Crippen LogP) is 2.36. The SMILES string of the molecule is CC[C@@H]1C[C@H](C(=O)NCC(=O)N[C@H](C(=O)N[C@@H](Cc2ccccc2)C(=O)OC)[C@@H](C)CC)N([C@@H]2O[C@H](COC(C)=O)[C@@H](OC(C)=O)[C@H](OC(C)=O)[C@H]2OC(C)=O)C2=C1C(=O)CC(C)(C)C2. The molecule has 2 heterocycles. The number of benzene rings is 1. The van der Waals surface area contributed by atoms with E-state index in [-0.39, 0.29) is 31.5 Å². The molecule has 1 fully saturated rings. The summed E-state index contributed by atoms with van der Waals surface area (Å²) in [5.41, 5.74) is 0.980. The molecule has 0 unspecified atom stereocenters. The number of carbonyl (C=O) groups is 9. The van der Waals surface area contributed by atoms with Crippen molar-refractivity contribution in [3.05, 3.63) is 47.2 Å². The van der Waals surface area contributed by atoms with Gasteiger partial charge in [-0.15, -0.1) is 0 Å².